The molecule has 0 aliphatic carbocycles. The van der Waals surface area contributed by atoms with Crippen LogP contribution in [0.1, 0.15) is 33.7 Å². The van der Waals surface area contributed by atoms with Crippen molar-refractivity contribution in [1.82, 2.24) is 9.88 Å². The molecular formula is C19H21N3O2. The van der Waals surface area contributed by atoms with E-state index >= 15 is 0 Å². The molecule has 3 rings (SSSR count). The monoisotopic (exact) mass is 323 g/mol. The van der Waals surface area contributed by atoms with Crippen LogP contribution in [0.4, 0.5) is 0 Å². The molecule has 124 valence electrons. The first-order valence-corrected chi connectivity index (χ1v) is 8.15. The zero-order chi connectivity index (χ0) is 17.1. The zero-order valence-electron chi connectivity index (χ0n) is 13.7. The van der Waals surface area contributed by atoms with Gasteiger partial charge in [0.25, 0.3) is 0 Å². The molecule has 5 nitrogen and oxygen atoms in total. The Morgan fingerprint density at radius 2 is 1.79 bits per heavy atom. The van der Waals surface area contributed by atoms with Crippen molar-refractivity contribution >= 4 is 11.7 Å². The van der Waals surface area contributed by atoms with Crippen LogP contribution in [-0.2, 0) is 0 Å². The Kier molecular flexibility index (Phi) is 4.71. The normalized spacial score (nSPS) is 16.0. The van der Waals surface area contributed by atoms with Crippen molar-refractivity contribution < 1.29 is 9.59 Å². The molecule has 1 aromatic heterocycles. The van der Waals surface area contributed by atoms with Crippen molar-refractivity contribution in [3.8, 4) is 11.3 Å². The van der Waals surface area contributed by atoms with Crippen LogP contribution in [0.15, 0.2) is 42.5 Å². The lowest BCUT2D eigenvalue weighted by Crippen LogP contribution is -2.33. The zero-order valence-corrected chi connectivity index (χ0v) is 13.7. The molecule has 0 radical (unpaired) electrons. The summed E-state index contributed by atoms with van der Waals surface area (Å²) in [6.45, 7) is 1.86. The number of rotatable bonds is 4. The molecule has 0 atom stereocenters. The molecule has 2 aromatic rings. The minimum absolute atomic E-state index is 0.0235. The van der Waals surface area contributed by atoms with Crippen LogP contribution in [0.3, 0.4) is 0 Å². The highest BCUT2D eigenvalue weighted by atomic mass is 16.1. The van der Waals surface area contributed by atoms with E-state index in [1.165, 1.54) is 0 Å². The van der Waals surface area contributed by atoms with Gasteiger partial charge in [-0.15, -0.1) is 0 Å². The highest BCUT2D eigenvalue weighted by molar-refractivity contribution is 6.00. The number of primary amides is 1. The standard InChI is InChI=1S/C19H21N3O2/c1-22-11-9-13(10-12-22)18(23)17-8-4-7-16(21-17)14-5-2-3-6-15(14)19(20)24/h2-8,13H,9-12H2,1H3,(H2,20,24). The maximum atomic E-state index is 12.7. The Morgan fingerprint density at radius 1 is 1.08 bits per heavy atom. The van der Waals surface area contributed by atoms with Crippen molar-refractivity contribution in [2.24, 2.45) is 11.7 Å². The number of carbonyl (C=O) groups excluding carboxylic acids is 2. The summed E-state index contributed by atoms with van der Waals surface area (Å²) in [7, 11) is 2.07. The lowest BCUT2D eigenvalue weighted by atomic mass is 9.91. The van der Waals surface area contributed by atoms with Crippen LogP contribution in [-0.4, -0.2) is 41.7 Å². The smallest absolute Gasteiger partial charge is 0.249 e. The van der Waals surface area contributed by atoms with Gasteiger partial charge in [0.05, 0.1) is 5.69 Å². The van der Waals surface area contributed by atoms with Gasteiger partial charge in [0.1, 0.15) is 5.69 Å². The minimum Gasteiger partial charge on any atom is -0.366 e. The predicted molar refractivity (Wildman–Crippen MR) is 92.7 cm³/mol. The number of pyridine rings is 1. The second kappa shape index (κ2) is 6.93. The third-order valence-corrected chi connectivity index (χ3v) is 4.56. The van der Waals surface area contributed by atoms with E-state index in [0.29, 0.717) is 22.5 Å². The average Bonchev–Trinajstić information content (AvgIpc) is 2.62. The van der Waals surface area contributed by atoms with Gasteiger partial charge >= 0.3 is 0 Å². The van der Waals surface area contributed by atoms with Gasteiger partial charge in [-0.1, -0.05) is 24.3 Å². The number of likely N-dealkylation sites (tertiary alicyclic amines) is 1. The Morgan fingerprint density at radius 3 is 2.50 bits per heavy atom. The van der Waals surface area contributed by atoms with Crippen LogP contribution >= 0.6 is 0 Å². The number of nitrogens with zero attached hydrogens (tertiary/aromatic N) is 2. The number of Topliss-reactive ketones (excluding diaryl/α,β-unsaturated/α-hetero) is 1. The van der Waals surface area contributed by atoms with Gasteiger partial charge in [0.15, 0.2) is 5.78 Å². The quantitative estimate of drug-likeness (QED) is 0.876. The lowest BCUT2D eigenvalue weighted by Gasteiger charge is -2.27. The van der Waals surface area contributed by atoms with Crippen LogP contribution in [0.25, 0.3) is 11.3 Å². The van der Waals surface area contributed by atoms with Crippen LogP contribution in [0, 0.1) is 5.92 Å². The summed E-state index contributed by atoms with van der Waals surface area (Å²) in [5.74, 6) is -0.392. The molecule has 0 spiro atoms. The second-order valence-electron chi connectivity index (χ2n) is 6.26. The van der Waals surface area contributed by atoms with Crippen LogP contribution in [0.5, 0.6) is 0 Å². The number of piperidine rings is 1. The molecule has 2 heterocycles. The highest BCUT2D eigenvalue weighted by Crippen LogP contribution is 2.24. The first-order chi connectivity index (χ1) is 11.6. The molecule has 1 fully saturated rings. The van der Waals surface area contributed by atoms with E-state index in [0.717, 1.165) is 25.9 Å². The number of amides is 1. The fourth-order valence-corrected chi connectivity index (χ4v) is 3.12. The molecule has 0 unspecified atom stereocenters. The predicted octanol–water partition coefficient (Wildman–Crippen LogP) is 2.37. The molecule has 1 aliphatic rings. The SMILES string of the molecule is CN1CCC(C(=O)c2cccc(-c3ccccc3C(N)=O)n2)CC1. The van der Waals surface area contributed by atoms with Crippen molar-refractivity contribution in [3.05, 3.63) is 53.7 Å². The Labute approximate surface area is 141 Å². The maximum Gasteiger partial charge on any atom is 0.249 e. The topological polar surface area (TPSA) is 76.3 Å². The van der Waals surface area contributed by atoms with Gasteiger partial charge in [0.2, 0.25) is 5.91 Å². The first kappa shape index (κ1) is 16.3. The summed E-state index contributed by atoms with van der Waals surface area (Å²) < 4.78 is 0. The number of hydrogen-bond donors (Lipinski definition) is 1. The van der Waals surface area contributed by atoms with Crippen molar-refractivity contribution in [2.45, 2.75) is 12.8 Å². The number of aromatic nitrogens is 1. The van der Waals surface area contributed by atoms with Gasteiger partial charge in [0, 0.05) is 17.0 Å². The molecule has 0 saturated carbocycles. The van der Waals surface area contributed by atoms with E-state index < -0.39 is 5.91 Å². The van der Waals surface area contributed by atoms with E-state index in [-0.39, 0.29) is 11.7 Å². The maximum absolute atomic E-state index is 12.7. The van der Waals surface area contributed by atoms with E-state index in [1.54, 1.807) is 30.3 Å². The Balaban J connectivity index is 1.90. The third kappa shape index (κ3) is 3.36. The fraction of sp³-hybridized carbons (Fsp3) is 0.316. The number of benzene rings is 1. The van der Waals surface area contributed by atoms with Crippen molar-refractivity contribution in [3.63, 3.8) is 0 Å². The molecule has 1 aliphatic heterocycles. The number of nitrogens with two attached hydrogens (primary N) is 1. The summed E-state index contributed by atoms with van der Waals surface area (Å²) in [6, 6.07) is 12.4. The van der Waals surface area contributed by atoms with Crippen molar-refractivity contribution in [2.75, 3.05) is 20.1 Å². The van der Waals surface area contributed by atoms with Gasteiger partial charge in [-0.3, -0.25) is 9.59 Å². The minimum atomic E-state index is -0.501. The average molecular weight is 323 g/mol. The van der Waals surface area contributed by atoms with E-state index in [4.69, 9.17) is 5.73 Å². The van der Waals surface area contributed by atoms with Crippen LogP contribution < -0.4 is 5.73 Å². The number of hydrogen-bond acceptors (Lipinski definition) is 4. The summed E-state index contributed by atoms with van der Waals surface area (Å²) >= 11 is 0. The van der Waals surface area contributed by atoms with Gasteiger partial charge in [-0.25, -0.2) is 4.98 Å². The molecule has 5 heteroatoms. The molecule has 1 aromatic carbocycles. The summed E-state index contributed by atoms with van der Waals surface area (Å²) in [5, 5.41) is 0. The summed E-state index contributed by atoms with van der Waals surface area (Å²) in [4.78, 5) is 31.1. The summed E-state index contributed by atoms with van der Waals surface area (Å²) in [5.41, 5.74) is 7.57. The number of ketones is 1. The molecule has 24 heavy (non-hydrogen) atoms. The van der Waals surface area contributed by atoms with Crippen LogP contribution in [0.2, 0.25) is 0 Å². The fourth-order valence-electron chi connectivity index (χ4n) is 3.12. The van der Waals surface area contributed by atoms with E-state index in [9.17, 15) is 9.59 Å². The van der Waals surface area contributed by atoms with Gasteiger partial charge < -0.3 is 10.6 Å². The number of carbonyl (C=O) groups is 2. The Hall–Kier alpha value is -2.53. The first-order valence-electron chi connectivity index (χ1n) is 8.15. The highest BCUT2D eigenvalue weighted by Gasteiger charge is 2.25. The van der Waals surface area contributed by atoms with Gasteiger partial charge in [-0.05, 0) is 51.2 Å². The molecule has 2 N–H and O–H groups in total. The summed E-state index contributed by atoms with van der Waals surface area (Å²) in [6.07, 6.45) is 1.72. The lowest BCUT2D eigenvalue weighted by molar-refractivity contribution is 0.0851. The molecule has 1 amide bonds. The van der Waals surface area contributed by atoms with Gasteiger partial charge in [-0.2, -0.15) is 0 Å². The molecule has 1 saturated heterocycles. The third-order valence-electron chi connectivity index (χ3n) is 4.56. The largest absolute Gasteiger partial charge is 0.366 e. The molecular weight excluding hydrogens is 302 g/mol. The van der Waals surface area contributed by atoms with E-state index in [2.05, 4.69) is 16.9 Å². The Bertz CT molecular complexity index is 765. The van der Waals surface area contributed by atoms with E-state index in [1.807, 2.05) is 12.1 Å². The second-order valence-corrected chi connectivity index (χ2v) is 6.26. The van der Waals surface area contributed by atoms with Crippen molar-refractivity contribution in [1.29, 1.82) is 0 Å². The molecule has 0 bridgehead atoms.